The summed E-state index contributed by atoms with van der Waals surface area (Å²) in [5.74, 6) is 0. The predicted molar refractivity (Wildman–Crippen MR) is 96.6 cm³/mol. The molecular weight excluding hydrogens is 370 g/mol. The first kappa shape index (κ1) is 20.4. The van der Waals surface area contributed by atoms with Gasteiger partial charge in [-0.3, -0.25) is 10.1 Å². The molecule has 0 radical (unpaired) electrons. The van der Waals surface area contributed by atoms with Gasteiger partial charge in [0.2, 0.25) is 0 Å². The molecule has 152 valence electrons. The zero-order valence-corrected chi connectivity index (χ0v) is 15.5. The molecule has 10 heteroatoms. The summed E-state index contributed by atoms with van der Waals surface area (Å²) in [6.45, 7) is 2.92. The number of benzene rings is 1. The third-order valence-electron chi connectivity index (χ3n) is 5.14. The molecule has 1 fully saturated rings. The Balaban J connectivity index is 1.96. The average Bonchev–Trinajstić information content (AvgIpc) is 2.95. The van der Waals surface area contributed by atoms with Crippen molar-refractivity contribution in [2.45, 2.75) is 50.9 Å². The van der Waals surface area contributed by atoms with Crippen LogP contribution in [0.3, 0.4) is 0 Å². The maximum absolute atomic E-state index is 11.3. The SMILES string of the molecule is Cc1nn([C@@H]2O[C@H](CO)[C@@H](O)[C@H](O)[C@H]2O)c(C)c1Cc1ccccc1[N+](=O)[O-]. The Morgan fingerprint density at radius 1 is 1.18 bits per heavy atom. The summed E-state index contributed by atoms with van der Waals surface area (Å²) < 4.78 is 6.94. The van der Waals surface area contributed by atoms with Gasteiger partial charge in [-0.2, -0.15) is 5.10 Å². The minimum Gasteiger partial charge on any atom is -0.394 e. The molecule has 1 aromatic heterocycles. The molecule has 2 heterocycles. The highest BCUT2D eigenvalue weighted by Crippen LogP contribution is 2.31. The lowest BCUT2D eigenvalue weighted by atomic mass is 9.98. The van der Waals surface area contributed by atoms with Gasteiger partial charge in [-0.25, -0.2) is 4.68 Å². The van der Waals surface area contributed by atoms with E-state index in [0.717, 1.165) is 5.56 Å². The highest BCUT2D eigenvalue weighted by atomic mass is 16.6. The van der Waals surface area contributed by atoms with E-state index in [0.29, 0.717) is 17.0 Å². The number of nitro benzene ring substituents is 1. The molecule has 5 atom stereocenters. The van der Waals surface area contributed by atoms with Crippen LogP contribution in [-0.2, 0) is 11.2 Å². The third-order valence-corrected chi connectivity index (χ3v) is 5.14. The number of aliphatic hydroxyl groups excluding tert-OH is 4. The second-order valence-electron chi connectivity index (χ2n) is 6.88. The highest BCUT2D eigenvalue weighted by Gasteiger charge is 2.45. The van der Waals surface area contributed by atoms with Gasteiger partial charge in [-0.1, -0.05) is 18.2 Å². The fourth-order valence-corrected chi connectivity index (χ4v) is 3.51. The van der Waals surface area contributed by atoms with Crippen LogP contribution < -0.4 is 0 Å². The maximum atomic E-state index is 11.3. The molecule has 0 spiro atoms. The van der Waals surface area contributed by atoms with Crippen molar-refractivity contribution in [1.82, 2.24) is 9.78 Å². The van der Waals surface area contributed by atoms with Crippen LogP contribution in [0, 0.1) is 24.0 Å². The molecule has 4 N–H and O–H groups in total. The summed E-state index contributed by atoms with van der Waals surface area (Å²) >= 11 is 0. The number of nitrogens with zero attached hydrogens (tertiary/aromatic N) is 3. The van der Waals surface area contributed by atoms with Gasteiger partial charge < -0.3 is 25.2 Å². The van der Waals surface area contributed by atoms with E-state index in [1.54, 1.807) is 32.0 Å². The first-order chi connectivity index (χ1) is 13.3. The average molecular weight is 393 g/mol. The van der Waals surface area contributed by atoms with E-state index in [-0.39, 0.29) is 12.1 Å². The van der Waals surface area contributed by atoms with Gasteiger partial charge in [0.1, 0.15) is 24.4 Å². The summed E-state index contributed by atoms with van der Waals surface area (Å²) in [6.07, 6.45) is -6.35. The molecule has 0 unspecified atom stereocenters. The molecule has 2 aromatic rings. The molecule has 1 aromatic carbocycles. The molecule has 3 rings (SSSR count). The fourth-order valence-electron chi connectivity index (χ4n) is 3.51. The molecular formula is C18H23N3O7. The van der Waals surface area contributed by atoms with Crippen LogP contribution in [0.1, 0.15) is 28.7 Å². The quantitative estimate of drug-likeness (QED) is 0.408. The first-order valence-electron chi connectivity index (χ1n) is 8.83. The van der Waals surface area contributed by atoms with E-state index >= 15 is 0 Å². The second kappa shape index (κ2) is 7.94. The van der Waals surface area contributed by atoms with Crippen LogP contribution in [0.15, 0.2) is 24.3 Å². The molecule has 0 bridgehead atoms. The van der Waals surface area contributed by atoms with Gasteiger partial charge in [-0.05, 0) is 13.8 Å². The van der Waals surface area contributed by atoms with Gasteiger partial charge >= 0.3 is 0 Å². The van der Waals surface area contributed by atoms with Crippen LogP contribution in [0.5, 0.6) is 0 Å². The van der Waals surface area contributed by atoms with Crippen LogP contribution in [-0.4, -0.2) is 66.2 Å². The summed E-state index contributed by atoms with van der Waals surface area (Å²) in [6, 6.07) is 6.41. The third kappa shape index (κ3) is 3.52. The van der Waals surface area contributed by atoms with Gasteiger partial charge in [0.25, 0.3) is 5.69 Å². The number of hydrogen-bond donors (Lipinski definition) is 4. The Bertz CT molecular complexity index is 867. The highest BCUT2D eigenvalue weighted by molar-refractivity contribution is 5.44. The van der Waals surface area contributed by atoms with Crippen LogP contribution in [0.4, 0.5) is 5.69 Å². The van der Waals surface area contributed by atoms with Crippen molar-refractivity contribution in [3.63, 3.8) is 0 Å². The predicted octanol–water partition coefficient (Wildman–Crippen LogP) is -0.0287. The maximum Gasteiger partial charge on any atom is 0.272 e. The van der Waals surface area contributed by atoms with Gasteiger partial charge in [0.05, 0.1) is 17.2 Å². The molecule has 0 saturated carbocycles. The second-order valence-corrected chi connectivity index (χ2v) is 6.88. The molecule has 28 heavy (non-hydrogen) atoms. The van der Waals surface area contributed by atoms with Crippen LogP contribution in [0.2, 0.25) is 0 Å². The molecule has 1 saturated heterocycles. The summed E-state index contributed by atoms with van der Waals surface area (Å²) in [5, 5.41) is 55.3. The molecule has 0 aliphatic carbocycles. The normalized spacial score (nSPS) is 27.7. The Hall–Kier alpha value is -2.37. The van der Waals surface area contributed by atoms with Crippen molar-refractivity contribution in [3.05, 3.63) is 56.9 Å². The number of hydrogen-bond acceptors (Lipinski definition) is 8. The first-order valence-corrected chi connectivity index (χ1v) is 8.83. The molecule has 1 aliphatic rings. The van der Waals surface area contributed by atoms with Gasteiger partial charge in [-0.15, -0.1) is 0 Å². The van der Waals surface area contributed by atoms with Crippen molar-refractivity contribution < 1.29 is 30.1 Å². The van der Waals surface area contributed by atoms with E-state index in [1.807, 2.05) is 0 Å². The van der Waals surface area contributed by atoms with Crippen LogP contribution >= 0.6 is 0 Å². The largest absolute Gasteiger partial charge is 0.394 e. The van der Waals surface area contributed by atoms with Crippen molar-refractivity contribution in [2.75, 3.05) is 6.61 Å². The Kier molecular flexibility index (Phi) is 5.77. The van der Waals surface area contributed by atoms with E-state index < -0.39 is 42.2 Å². The number of aryl methyl sites for hydroxylation is 1. The molecule has 10 nitrogen and oxygen atoms in total. The Morgan fingerprint density at radius 3 is 2.50 bits per heavy atom. The standard InChI is InChI=1S/C18H23N3O7/c1-9-12(7-11-5-3-4-6-13(11)21(26)27)10(2)20(19-9)18-17(25)16(24)15(23)14(8-22)28-18/h3-6,14-18,22-25H,7-8H2,1-2H3/t14-,15-,16+,17-,18-/m1/s1. The van der Waals surface area contributed by atoms with Crippen molar-refractivity contribution in [2.24, 2.45) is 0 Å². The fraction of sp³-hybridized carbons (Fsp3) is 0.500. The van der Waals surface area contributed by atoms with Crippen molar-refractivity contribution in [1.29, 1.82) is 0 Å². The number of para-hydroxylation sites is 1. The number of aromatic nitrogens is 2. The lowest BCUT2D eigenvalue weighted by Gasteiger charge is -2.40. The number of nitro groups is 1. The molecule has 0 amide bonds. The van der Waals surface area contributed by atoms with E-state index in [1.165, 1.54) is 10.7 Å². The Labute approximate surface area is 160 Å². The lowest BCUT2D eigenvalue weighted by Crippen LogP contribution is -2.56. The van der Waals surface area contributed by atoms with Gasteiger partial charge in [0.15, 0.2) is 6.23 Å². The number of aliphatic hydroxyl groups is 4. The number of ether oxygens (including phenoxy) is 1. The minimum atomic E-state index is -1.52. The molecule has 1 aliphatic heterocycles. The number of rotatable bonds is 5. The van der Waals surface area contributed by atoms with Crippen molar-refractivity contribution >= 4 is 5.69 Å². The van der Waals surface area contributed by atoms with E-state index in [4.69, 9.17) is 4.74 Å². The summed E-state index contributed by atoms with van der Waals surface area (Å²) in [5.41, 5.74) is 2.44. The smallest absolute Gasteiger partial charge is 0.272 e. The zero-order valence-electron chi connectivity index (χ0n) is 15.5. The van der Waals surface area contributed by atoms with Crippen molar-refractivity contribution in [3.8, 4) is 0 Å². The lowest BCUT2D eigenvalue weighted by molar-refractivity contribution is -0.385. The van der Waals surface area contributed by atoms with Gasteiger partial charge in [0, 0.05) is 29.3 Å². The topological polar surface area (TPSA) is 151 Å². The van der Waals surface area contributed by atoms with E-state index in [2.05, 4.69) is 5.10 Å². The van der Waals surface area contributed by atoms with Crippen LogP contribution in [0.25, 0.3) is 0 Å². The Morgan fingerprint density at radius 2 is 1.86 bits per heavy atom. The summed E-state index contributed by atoms with van der Waals surface area (Å²) in [4.78, 5) is 10.8. The minimum absolute atomic E-state index is 0.00175. The monoisotopic (exact) mass is 393 g/mol. The summed E-state index contributed by atoms with van der Waals surface area (Å²) in [7, 11) is 0. The zero-order chi connectivity index (χ0) is 20.6. The van der Waals surface area contributed by atoms with E-state index in [9.17, 15) is 30.5 Å².